The van der Waals surface area contributed by atoms with Gasteiger partial charge in [0.25, 0.3) is 0 Å². The number of nitrogens with one attached hydrogen (secondary N) is 2. The summed E-state index contributed by atoms with van der Waals surface area (Å²) in [6, 6.07) is 17.5. The molecule has 0 bridgehead atoms. The Kier molecular flexibility index (Phi) is 6.65. The summed E-state index contributed by atoms with van der Waals surface area (Å²) in [4.78, 5) is 28.4. The van der Waals surface area contributed by atoms with Crippen LogP contribution in [0.4, 0.5) is 17.2 Å². The molecule has 1 heterocycles. The molecule has 1 aromatic heterocycles. The highest BCUT2D eigenvalue weighted by Crippen LogP contribution is 2.31. The van der Waals surface area contributed by atoms with E-state index in [-0.39, 0.29) is 17.3 Å². The van der Waals surface area contributed by atoms with Crippen LogP contribution < -0.4 is 10.6 Å². The molecule has 0 spiro atoms. The summed E-state index contributed by atoms with van der Waals surface area (Å²) >= 11 is 0. The Hall–Kier alpha value is -3.58. The van der Waals surface area contributed by atoms with E-state index in [0.29, 0.717) is 28.8 Å². The Morgan fingerprint density at radius 2 is 1.79 bits per heavy atom. The minimum Gasteiger partial charge on any atom is -0.334 e. The number of aryl methyl sites for hydroxylation is 1. The monoisotopic (exact) mass is 390 g/mol. The van der Waals surface area contributed by atoms with E-state index >= 15 is 0 Å². The number of aromatic nitrogens is 1. The maximum absolute atomic E-state index is 12.9. The molecule has 0 fully saturated rings. The van der Waals surface area contributed by atoms with Gasteiger partial charge in [0.1, 0.15) is 0 Å². The summed E-state index contributed by atoms with van der Waals surface area (Å²) in [7, 11) is 1.84. The van der Waals surface area contributed by atoms with E-state index < -0.39 is 4.92 Å². The lowest BCUT2D eigenvalue weighted by Gasteiger charge is -2.12. The number of carbonyl (C=O) groups is 1. The van der Waals surface area contributed by atoms with E-state index in [1.165, 1.54) is 0 Å². The number of ketones is 1. The molecule has 0 unspecified atom stereocenters. The first-order valence-corrected chi connectivity index (χ1v) is 9.34. The minimum atomic E-state index is -0.425. The van der Waals surface area contributed by atoms with Crippen LogP contribution in [0.15, 0.2) is 66.9 Å². The molecule has 0 amide bonds. The zero-order valence-corrected chi connectivity index (χ0v) is 16.1. The third-order valence-corrected chi connectivity index (χ3v) is 4.52. The second-order valence-corrected chi connectivity index (χ2v) is 6.50. The van der Waals surface area contributed by atoms with Crippen molar-refractivity contribution in [1.82, 2.24) is 10.3 Å². The third kappa shape index (κ3) is 4.83. The summed E-state index contributed by atoms with van der Waals surface area (Å²) < 4.78 is 0. The second kappa shape index (κ2) is 9.57. The van der Waals surface area contributed by atoms with Crippen molar-refractivity contribution in [3.8, 4) is 0 Å². The van der Waals surface area contributed by atoms with Crippen molar-refractivity contribution < 1.29 is 9.72 Å². The van der Waals surface area contributed by atoms with Gasteiger partial charge in [0.15, 0.2) is 5.78 Å². The summed E-state index contributed by atoms with van der Waals surface area (Å²) in [6.45, 7) is 0.761. The number of pyridine rings is 1. The zero-order valence-electron chi connectivity index (χ0n) is 16.1. The van der Waals surface area contributed by atoms with Crippen LogP contribution in [-0.4, -0.2) is 29.3 Å². The van der Waals surface area contributed by atoms with Gasteiger partial charge in [-0.3, -0.25) is 14.9 Å². The van der Waals surface area contributed by atoms with Crippen LogP contribution >= 0.6 is 0 Å². The lowest BCUT2D eigenvalue weighted by atomic mass is 10.0. The number of anilines is 2. The molecule has 0 atom stereocenters. The van der Waals surface area contributed by atoms with Crippen LogP contribution in [0, 0.1) is 10.1 Å². The summed E-state index contributed by atoms with van der Waals surface area (Å²) in [5, 5.41) is 17.8. The van der Waals surface area contributed by atoms with Crippen LogP contribution in [0.1, 0.15) is 27.9 Å². The van der Waals surface area contributed by atoms with Gasteiger partial charge in [-0.2, -0.15) is 0 Å². The molecule has 2 N–H and O–H groups in total. The second-order valence-electron chi connectivity index (χ2n) is 6.50. The Bertz CT molecular complexity index is 1010. The first kappa shape index (κ1) is 20.2. The fraction of sp³-hybridized carbons (Fsp3) is 0.182. The lowest BCUT2D eigenvalue weighted by molar-refractivity contribution is -0.384. The average Bonchev–Trinajstić information content (AvgIpc) is 2.74. The fourth-order valence-electron chi connectivity index (χ4n) is 3.11. The molecule has 0 saturated carbocycles. The van der Waals surface area contributed by atoms with Crippen molar-refractivity contribution in [1.29, 1.82) is 0 Å². The largest absolute Gasteiger partial charge is 0.334 e. The van der Waals surface area contributed by atoms with E-state index in [9.17, 15) is 14.9 Å². The highest BCUT2D eigenvalue weighted by Gasteiger charge is 2.22. The quantitative estimate of drug-likeness (QED) is 0.247. The highest BCUT2D eigenvalue weighted by atomic mass is 16.6. The number of nitrogens with zero attached hydrogens (tertiary/aromatic N) is 2. The van der Waals surface area contributed by atoms with Crippen LogP contribution in [0.2, 0.25) is 0 Å². The predicted molar refractivity (Wildman–Crippen MR) is 113 cm³/mol. The molecule has 29 heavy (non-hydrogen) atoms. The van der Waals surface area contributed by atoms with Crippen molar-refractivity contribution in [2.24, 2.45) is 0 Å². The van der Waals surface area contributed by atoms with Crippen LogP contribution in [0.3, 0.4) is 0 Å². The van der Waals surface area contributed by atoms with Gasteiger partial charge >= 0.3 is 5.69 Å². The number of carbonyl (C=O) groups excluding carboxylic acids is 1. The summed E-state index contributed by atoms with van der Waals surface area (Å²) in [5.74, 6) is -0.0354. The number of rotatable bonds is 9. The zero-order chi connectivity index (χ0) is 20.6. The number of benzene rings is 2. The smallest absolute Gasteiger partial charge is 0.314 e. The average molecular weight is 390 g/mol. The van der Waals surface area contributed by atoms with Crippen LogP contribution in [0.25, 0.3) is 0 Å². The highest BCUT2D eigenvalue weighted by molar-refractivity contribution is 6.12. The minimum absolute atomic E-state index is 0.0643. The van der Waals surface area contributed by atoms with E-state index in [1.54, 1.807) is 60.8 Å². The number of para-hydroxylation sites is 1. The Balaban J connectivity index is 1.96. The first-order valence-electron chi connectivity index (χ1n) is 9.34. The van der Waals surface area contributed by atoms with Crippen molar-refractivity contribution in [3.63, 3.8) is 0 Å². The summed E-state index contributed by atoms with van der Waals surface area (Å²) in [5.41, 5.74) is 1.99. The van der Waals surface area contributed by atoms with Crippen LogP contribution in [-0.2, 0) is 6.42 Å². The van der Waals surface area contributed by atoms with Gasteiger partial charge in [-0.15, -0.1) is 0 Å². The fourth-order valence-corrected chi connectivity index (χ4v) is 3.11. The molecular weight excluding hydrogens is 368 g/mol. The molecule has 3 aromatic rings. The maximum Gasteiger partial charge on any atom is 0.314 e. The van der Waals surface area contributed by atoms with Crippen molar-refractivity contribution >= 4 is 23.0 Å². The van der Waals surface area contributed by atoms with E-state index in [2.05, 4.69) is 15.6 Å². The van der Waals surface area contributed by atoms with E-state index in [4.69, 9.17) is 0 Å². The standard InChI is InChI=1S/C22H22N4O3/c1-23-14-7-10-16-13-15-24-22(20(16)26(28)29)25-19-12-6-5-11-18(19)21(27)17-8-3-2-4-9-17/h2-6,8-9,11-13,15,23H,7,10,14H2,1H3,(H,24,25). The van der Waals surface area contributed by atoms with Crippen molar-refractivity contribution in [2.75, 3.05) is 18.9 Å². The number of nitro groups is 1. The van der Waals surface area contributed by atoms with Gasteiger partial charge in [0.2, 0.25) is 5.82 Å². The molecule has 0 radical (unpaired) electrons. The van der Waals surface area contributed by atoms with E-state index in [1.807, 2.05) is 13.1 Å². The number of hydrogen-bond acceptors (Lipinski definition) is 6. The Labute approximate surface area is 169 Å². The van der Waals surface area contributed by atoms with Crippen molar-refractivity contribution in [2.45, 2.75) is 12.8 Å². The Morgan fingerprint density at radius 3 is 2.52 bits per heavy atom. The number of hydrogen-bond donors (Lipinski definition) is 2. The molecule has 0 saturated heterocycles. The predicted octanol–water partition coefficient (Wildman–Crippen LogP) is 4.12. The SMILES string of the molecule is CNCCCc1ccnc(Nc2ccccc2C(=O)c2ccccc2)c1[N+](=O)[O-]. The maximum atomic E-state index is 12.9. The topological polar surface area (TPSA) is 97.2 Å². The normalized spacial score (nSPS) is 10.5. The third-order valence-electron chi connectivity index (χ3n) is 4.52. The van der Waals surface area contributed by atoms with Crippen molar-refractivity contribution in [3.05, 3.63) is 93.7 Å². The molecule has 7 heteroatoms. The van der Waals surface area contributed by atoms with Gasteiger partial charge in [-0.25, -0.2) is 4.98 Å². The van der Waals surface area contributed by atoms with Crippen LogP contribution in [0.5, 0.6) is 0 Å². The first-order chi connectivity index (χ1) is 14.1. The van der Waals surface area contributed by atoms with Gasteiger partial charge in [-0.05, 0) is 44.6 Å². The van der Waals surface area contributed by atoms with Gasteiger partial charge in [0.05, 0.1) is 10.6 Å². The molecule has 7 nitrogen and oxygen atoms in total. The van der Waals surface area contributed by atoms with E-state index in [0.717, 1.165) is 13.0 Å². The summed E-state index contributed by atoms with van der Waals surface area (Å²) in [6.07, 6.45) is 2.87. The molecule has 0 aliphatic carbocycles. The molecule has 148 valence electrons. The lowest BCUT2D eigenvalue weighted by Crippen LogP contribution is -2.10. The van der Waals surface area contributed by atoms with Gasteiger partial charge in [0, 0.05) is 22.9 Å². The van der Waals surface area contributed by atoms with Gasteiger partial charge in [-0.1, -0.05) is 42.5 Å². The molecule has 3 rings (SSSR count). The molecule has 0 aliphatic heterocycles. The Morgan fingerprint density at radius 1 is 1.07 bits per heavy atom. The van der Waals surface area contributed by atoms with Gasteiger partial charge < -0.3 is 10.6 Å². The molecule has 2 aromatic carbocycles. The molecular formula is C22H22N4O3. The molecule has 0 aliphatic rings.